The van der Waals surface area contributed by atoms with Crippen LogP contribution in [0.1, 0.15) is 89.2 Å². The molecular weight excluding hydrogens is 528 g/mol. The molecule has 1 heterocycles. The second-order valence-electron chi connectivity index (χ2n) is 12.8. The van der Waals surface area contributed by atoms with Gasteiger partial charge in [-0.05, 0) is 93.5 Å². The van der Waals surface area contributed by atoms with E-state index in [0.717, 1.165) is 63.1 Å². The highest BCUT2D eigenvalue weighted by Crippen LogP contribution is 2.54. The Labute approximate surface area is 250 Å². The van der Waals surface area contributed by atoms with E-state index >= 15 is 0 Å². The Bertz CT molecular complexity index is 1240. The van der Waals surface area contributed by atoms with Gasteiger partial charge >= 0.3 is 11.9 Å². The minimum atomic E-state index is -0.709. The fraction of sp³-hybridized carbons (Fsp3) is 0.571. The van der Waals surface area contributed by atoms with Crippen LogP contribution >= 0.6 is 0 Å². The van der Waals surface area contributed by atoms with Crippen molar-refractivity contribution in [2.24, 2.45) is 5.92 Å². The van der Waals surface area contributed by atoms with Crippen LogP contribution < -0.4 is 10.1 Å². The third kappa shape index (κ3) is 7.41. The lowest BCUT2D eigenvalue weighted by atomic mass is 9.55. The smallest absolute Gasteiger partial charge is 0.308 e. The maximum absolute atomic E-state index is 13.1. The number of nitrogens with one attached hydrogen (secondary N) is 1. The molecular formula is C35H46N2O5. The first kappa shape index (κ1) is 30.3. The summed E-state index contributed by atoms with van der Waals surface area (Å²) in [6.45, 7) is 5.53. The number of ether oxygens (including phenoxy) is 2. The number of nitrogens with zero attached hydrogens (tertiary/aromatic N) is 1. The number of amides is 1. The molecule has 1 amide bonds. The molecule has 3 fully saturated rings. The van der Waals surface area contributed by atoms with Crippen LogP contribution in [-0.2, 0) is 31.0 Å². The van der Waals surface area contributed by atoms with Crippen LogP contribution in [-0.4, -0.2) is 54.0 Å². The number of esters is 2. The molecule has 1 aliphatic heterocycles. The predicted octanol–water partition coefficient (Wildman–Crippen LogP) is 5.74. The van der Waals surface area contributed by atoms with Crippen LogP contribution in [0.3, 0.4) is 0 Å². The quantitative estimate of drug-likeness (QED) is 0.198. The number of hydrogen-bond acceptors (Lipinski definition) is 6. The van der Waals surface area contributed by atoms with Gasteiger partial charge in [-0.2, -0.15) is 0 Å². The second kappa shape index (κ2) is 13.4. The lowest BCUT2D eigenvalue weighted by Gasteiger charge is -2.59. The van der Waals surface area contributed by atoms with Gasteiger partial charge in [0, 0.05) is 44.8 Å². The zero-order valence-corrected chi connectivity index (χ0v) is 25.2. The van der Waals surface area contributed by atoms with E-state index in [0.29, 0.717) is 31.6 Å². The molecule has 2 aromatic rings. The molecule has 3 atom stereocenters. The SMILES string of the molecule is CC(=O)Oc1cccc([C@@]23CCN(CC4CC4)C[C@@]2(OC(C)=O)CC[C@H](NC(=O)CCCCCc2ccccc2)C3)c1. The third-order valence-electron chi connectivity index (χ3n) is 9.48. The average Bonchev–Trinajstić information content (AvgIpc) is 3.77. The van der Waals surface area contributed by atoms with Crippen LogP contribution in [0.25, 0.3) is 0 Å². The maximum Gasteiger partial charge on any atom is 0.308 e. The zero-order chi connectivity index (χ0) is 29.6. The molecule has 2 aromatic carbocycles. The summed E-state index contributed by atoms with van der Waals surface area (Å²) in [6, 6.07) is 18.2. The summed E-state index contributed by atoms with van der Waals surface area (Å²) in [6.07, 6.45) is 9.98. The number of carbonyl (C=O) groups excluding carboxylic acids is 3. The minimum Gasteiger partial charge on any atom is -0.457 e. The van der Waals surface area contributed by atoms with Gasteiger partial charge in [-0.25, -0.2) is 0 Å². The van der Waals surface area contributed by atoms with E-state index in [1.165, 1.54) is 32.3 Å². The van der Waals surface area contributed by atoms with Crippen molar-refractivity contribution in [3.05, 3.63) is 65.7 Å². The van der Waals surface area contributed by atoms with Crippen molar-refractivity contribution < 1.29 is 23.9 Å². The number of hydrogen-bond donors (Lipinski definition) is 1. The van der Waals surface area contributed by atoms with Gasteiger partial charge in [0.15, 0.2) is 0 Å². The van der Waals surface area contributed by atoms with Gasteiger partial charge in [0.1, 0.15) is 11.4 Å². The van der Waals surface area contributed by atoms with Crippen molar-refractivity contribution in [1.82, 2.24) is 10.2 Å². The highest BCUT2D eigenvalue weighted by Gasteiger charge is 2.61. The molecule has 2 aliphatic carbocycles. The van der Waals surface area contributed by atoms with Gasteiger partial charge in [0.05, 0.1) is 0 Å². The summed E-state index contributed by atoms with van der Waals surface area (Å²) in [7, 11) is 0. The first-order chi connectivity index (χ1) is 20.3. The van der Waals surface area contributed by atoms with E-state index in [1.54, 1.807) is 6.07 Å². The molecule has 1 N–H and O–H groups in total. The molecule has 0 spiro atoms. The van der Waals surface area contributed by atoms with Crippen molar-refractivity contribution in [2.75, 3.05) is 19.6 Å². The molecule has 7 nitrogen and oxygen atoms in total. The standard InChI is InChI=1S/C35H46N2O5/c1-26(38)41-32-14-9-13-30(22-32)34-20-21-37(24-29-16-17-29)25-35(34,42-27(2)39)19-18-31(23-34)36-33(40)15-8-4-7-12-28-10-5-3-6-11-28/h3,5-6,9-11,13-14,22,29,31H,4,7-8,12,15-21,23-25H2,1-2H3,(H,36,40)/t31-,34-,35-/m0/s1. The Morgan fingerprint density at radius 1 is 0.929 bits per heavy atom. The van der Waals surface area contributed by atoms with E-state index < -0.39 is 11.0 Å². The Morgan fingerprint density at radius 2 is 1.74 bits per heavy atom. The maximum atomic E-state index is 13.1. The van der Waals surface area contributed by atoms with Crippen molar-refractivity contribution in [3.63, 3.8) is 0 Å². The van der Waals surface area contributed by atoms with Gasteiger partial charge in [0.2, 0.25) is 5.91 Å². The lowest BCUT2D eigenvalue weighted by molar-refractivity contribution is -0.187. The molecule has 42 heavy (non-hydrogen) atoms. The van der Waals surface area contributed by atoms with Gasteiger partial charge < -0.3 is 14.8 Å². The fourth-order valence-electron chi connectivity index (χ4n) is 7.39. The lowest BCUT2D eigenvalue weighted by Crippen LogP contribution is -2.68. The Morgan fingerprint density at radius 3 is 2.48 bits per heavy atom. The van der Waals surface area contributed by atoms with E-state index in [-0.39, 0.29) is 23.9 Å². The Hall–Kier alpha value is -3.19. The molecule has 7 heteroatoms. The predicted molar refractivity (Wildman–Crippen MR) is 162 cm³/mol. The summed E-state index contributed by atoms with van der Waals surface area (Å²) in [4.78, 5) is 40.0. The number of fused-ring (bicyclic) bond motifs is 1. The summed E-state index contributed by atoms with van der Waals surface area (Å²) in [5.41, 5.74) is 1.14. The fourth-order valence-corrected chi connectivity index (χ4v) is 7.39. The summed E-state index contributed by atoms with van der Waals surface area (Å²) in [5, 5.41) is 3.35. The van der Waals surface area contributed by atoms with Gasteiger partial charge in [-0.1, -0.05) is 48.9 Å². The van der Waals surface area contributed by atoms with Crippen molar-refractivity contribution in [3.8, 4) is 5.75 Å². The van der Waals surface area contributed by atoms with Crippen LogP contribution in [0.2, 0.25) is 0 Å². The Kier molecular flexibility index (Phi) is 9.67. The average molecular weight is 575 g/mol. The van der Waals surface area contributed by atoms with Crippen LogP contribution in [0, 0.1) is 5.92 Å². The van der Waals surface area contributed by atoms with Crippen molar-refractivity contribution in [1.29, 1.82) is 0 Å². The molecule has 0 unspecified atom stereocenters. The molecule has 5 rings (SSSR count). The van der Waals surface area contributed by atoms with Gasteiger partial charge in [-0.15, -0.1) is 0 Å². The zero-order valence-electron chi connectivity index (χ0n) is 25.2. The molecule has 3 aliphatic rings. The van der Waals surface area contributed by atoms with E-state index in [9.17, 15) is 14.4 Å². The number of aryl methyl sites for hydroxylation is 1. The van der Waals surface area contributed by atoms with Crippen LogP contribution in [0.4, 0.5) is 0 Å². The monoisotopic (exact) mass is 574 g/mol. The number of benzene rings is 2. The number of rotatable bonds is 12. The molecule has 0 bridgehead atoms. The van der Waals surface area contributed by atoms with Crippen LogP contribution in [0.5, 0.6) is 5.75 Å². The normalized spacial score (nSPS) is 25.7. The minimum absolute atomic E-state index is 0.0159. The van der Waals surface area contributed by atoms with Crippen molar-refractivity contribution in [2.45, 2.75) is 102 Å². The number of carbonyl (C=O) groups is 3. The molecule has 0 radical (unpaired) electrons. The summed E-state index contributed by atoms with van der Waals surface area (Å²) < 4.78 is 11.8. The largest absolute Gasteiger partial charge is 0.457 e. The van der Waals surface area contributed by atoms with Crippen LogP contribution in [0.15, 0.2) is 54.6 Å². The van der Waals surface area contributed by atoms with Gasteiger partial charge in [-0.3, -0.25) is 19.3 Å². The number of unbranched alkanes of at least 4 members (excludes halogenated alkanes) is 2. The van der Waals surface area contributed by atoms with E-state index in [4.69, 9.17) is 9.47 Å². The first-order valence-corrected chi connectivity index (χ1v) is 15.8. The summed E-state index contributed by atoms with van der Waals surface area (Å²) in [5.74, 6) is 0.680. The second-order valence-corrected chi connectivity index (χ2v) is 12.8. The highest BCUT2D eigenvalue weighted by atomic mass is 16.6. The summed E-state index contributed by atoms with van der Waals surface area (Å²) >= 11 is 0. The highest BCUT2D eigenvalue weighted by molar-refractivity contribution is 5.76. The molecule has 0 aromatic heterocycles. The van der Waals surface area contributed by atoms with E-state index in [1.807, 2.05) is 18.2 Å². The van der Waals surface area contributed by atoms with Crippen molar-refractivity contribution >= 4 is 17.8 Å². The number of piperidine rings is 1. The molecule has 226 valence electrons. The molecule has 1 saturated heterocycles. The number of likely N-dealkylation sites (tertiary alicyclic amines) is 1. The Balaban J connectivity index is 1.30. The van der Waals surface area contributed by atoms with Gasteiger partial charge in [0.25, 0.3) is 0 Å². The third-order valence-corrected chi connectivity index (χ3v) is 9.48. The topological polar surface area (TPSA) is 84.9 Å². The first-order valence-electron chi connectivity index (χ1n) is 15.8. The van der Waals surface area contributed by atoms with E-state index in [2.05, 4.69) is 40.5 Å². The molecule has 2 saturated carbocycles.